The lowest BCUT2D eigenvalue weighted by Crippen LogP contribution is -2.42. The molecule has 8 rings (SSSR count). The van der Waals surface area contributed by atoms with Gasteiger partial charge in [0.15, 0.2) is 5.78 Å². The first-order valence-electron chi connectivity index (χ1n) is 37.0. The second-order valence-corrected chi connectivity index (χ2v) is 33.0. The maximum Gasteiger partial charge on any atom is 0.410 e. The van der Waals surface area contributed by atoms with E-state index >= 15 is 0 Å². The number of carboxylic acids is 1. The average molecular weight is 1440 g/mol. The number of aliphatic carboxylic acids is 1. The van der Waals surface area contributed by atoms with Gasteiger partial charge in [0.25, 0.3) is 0 Å². The number of carboxylic acid groups (broad SMARTS) is 1. The summed E-state index contributed by atoms with van der Waals surface area (Å²) < 4.78 is 26.8. The van der Waals surface area contributed by atoms with Gasteiger partial charge in [0.05, 0.1) is 5.71 Å². The van der Waals surface area contributed by atoms with Crippen LogP contribution in [0.15, 0.2) is 96.2 Å². The van der Waals surface area contributed by atoms with Crippen molar-refractivity contribution in [3.05, 3.63) is 108 Å². The molecule has 1 atom stereocenters. The number of carbonyl (C=O) groups is 8. The van der Waals surface area contributed by atoms with E-state index in [4.69, 9.17) is 34.5 Å². The highest BCUT2D eigenvalue weighted by Gasteiger charge is 2.34. The van der Waals surface area contributed by atoms with E-state index in [9.17, 15) is 43.6 Å². The molecule has 6 amide bonds. The maximum atomic E-state index is 12.2. The van der Waals surface area contributed by atoms with Crippen molar-refractivity contribution in [3.63, 3.8) is 0 Å². The first kappa shape index (κ1) is 87.5. The summed E-state index contributed by atoms with van der Waals surface area (Å²) in [5.74, 6) is 1.51. The van der Waals surface area contributed by atoms with Crippen molar-refractivity contribution in [2.45, 2.75) is 234 Å². The molecule has 23 nitrogen and oxygen atoms in total. The number of likely N-dealkylation sites (tertiary alicyclic amines) is 5. The van der Waals surface area contributed by atoms with Crippen LogP contribution in [0.3, 0.4) is 0 Å². The number of nitrogens with two attached hydrogens (primary N) is 1. The Labute approximate surface area is 614 Å². The molecule has 3 aromatic carbocycles. The number of oxime groups is 1. The van der Waals surface area contributed by atoms with Crippen molar-refractivity contribution in [1.29, 1.82) is 0 Å². The van der Waals surface area contributed by atoms with Gasteiger partial charge in [-0.05, 0) is 222 Å². The summed E-state index contributed by atoms with van der Waals surface area (Å²) in [6.07, 6.45) is 10.5. The normalized spacial score (nSPS) is 17.3. The van der Waals surface area contributed by atoms with E-state index in [-0.39, 0.29) is 60.5 Å². The average Bonchev–Trinajstić information content (AvgIpc) is 0.880. The number of hydrogen-bond acceptors (Lipinski definition) is 16. The van der Waals surface area contributed by atoms with Gasteiger partial charge in [0, 0.05) is 110 Å². The summed E-state index contributed by atoms with van der Waals surface area (Å²) in [6.45, 7) is 34.8. The number of benzene rings is 3. The minimum Gasteiger partial charge on any atom is -0.481 e. The van der Waals surface area contributed by atoms with Crippen LogP contribution in [0.25, 0.3) is 0 Å². The zero-order valence-corrected chi connectivity index (χ0v) is 65.2. The minimum absolute atomic E-state index is 0.0827. The predicted molar refractivity (Wildman–Crippen MR) is 401 cm³/mol. The number of nitrogens with zero attached hydrogens (tertiary/aromatic N) is 7. The molecule has 103 heavy (non-hydrogen) atoms. The molecular weight excluding hydrogens is 1310 g/mol. The highest BCUT2D eigenvalue weighted by atomic mass is 16.6. The van der Waals surface area contributed by atoms with Crippen molar-refractivity contribution in [3.8, 4) is 0 Å². The first-order chi connectivity index (χ1) is 48.0. The molecule has 1 unspecified atom stereocenters. The van der Waals surface area contributed by atoms with E-state index in [1.165, 1.54) is 5.56 Å². The molecule has 576 valence electrons. The Morgan fingerprint density at radius 2 is 0.670 bits per heavy atom. The quantitative estimate of drug-likeness (QED) is 0.0471. The Bertz CT molecular complexity index is 3090. The lowest BCUT2D eigenvalue weighted by molar-refractivity contribution is -0.138. The number of hydrogen-bond donors (Lipinski definition) is 3. The molecule has 5 aliphatic rings. The number of ether oxygens (including phenoxy) is 5. The van der Waals surface area contributed by atoms with Gasteiger partial charge >= 0.3 is 36.4 Å². The Kier molecular flexibility index (Phi) is 35.3. The summed E-state index contributed by atoms with van der Waals surface area (Å²) in [4.78, 5) is 104. The lowest BCUT2D eigenvalue weighted by Gasteiger charge is -2.34. The zero-order chi connectivity index (χ0) is 76.9. The molecule has 0 spiro atoms. The number of rotatable bonds is 13. The monoisotopic (exact) mass is 1440 g/mol. The van der Waals surface area contributed by atoms with Crippen molar-refractivity contribution >= 4 is 53.8 Å². The predicted octanol–water partition coefficient (Wildman–Crippen LogP) is 15.8. The van der Waals surface area contributed by atoms with Gasteiger partial charge in [-0.25, -0.2) is 24.0 Å². The zero-order valence-electron chi connectivity index (χ0n) is 65.2. The molecular formula is C80H126N8O15. The summed E-state index contributed by atoms with van der Waals surface area (Å²) >= 11 is 0. The van der Waals surface area contributed by atoms with Crippen LogP contribution in [0.4, 0.5) is 24.0 Å². The van der Waals surface area contributed by atoms with Crippen LogP contribution >= 0.6 is 0 Å². The molecule has 4 N–H and O–H groups in total. The smallest absolute Gasteiger partial charge is 0.410 e. The number of amides is 6. The fraction of sp³-hybridized carbons (Fsp3) is 0.662. The van der Waals surface area contributed by atoms with Crippen LogP contribution in [0.2, 0.25) is 0 Å². The molecule has 23 heteroatoms. The molecule has 5 aliphatic heterocycles. The summed E-state index contributed by atoms with van der Waals surface area (Å²) in [5, 5.41) is 21.4. The molecule has 0 aliphatic carbocycles. The van der Waals surface area contributed by atoms with E-state index in [1.54, 1.807) is 38.6 Å². The van der Waals surface area contributed by atoms with Gasteiger partial charge in [-0.3, -0.25) is 14.4 Å². The Hall–Kier alpha value is -7.95. The summed E-state index contributed by atoms with van der Waals surface area (Å²) in [6, 6.07) is 29.4. The van der Waals surface area contributed by atoms with Crippen LogP contribution in [0.5, 0.6) is 0 Å². The van der Waals surface area contributed by atoms with Crippen LogP contribution in [-0.2, 0) is 33.3 Å². The Morgan fingerprint density at radius 1 is 0.408 bits per heavy atom. The van der Waals surface area contributed by atoms with Gasteiger partial charge < -0.3 is 69.1 Å². The standard InChI is InChI=1S/C18H26N2O3.C18H28N2O2.C18H25NO3.C14H26N2O3.C12H21NO4/c1-18(2,3)23-17(21)20-11-9-14(10-12-20)13-16(19-22)15-7-5-4-6-8-15;1-18(2,3)22-17(21)20-11-9-14(10-12-20)13-16(19)15-7-5-4-6-8-15;1-18(2,3)22-17(21)19-11-9-14(10-12-19)13-16(20)15-7-5-4-6-8-15;1-14(2,3)19-13(18)16-8-6-11(7-9-16)10-12(17)15(4)5;1-12(2,3)17-11(16)13-6-4-9(5-7-13)8-10(14)15/h4-8,14,22H,9-13H2,1-3H3;4-8,14,16H,9-13,19H2,1-3H3;4-8,14H,9-13H2,1-3H3;11H,6-10H2,1-5H3;9H,4-8H2,1-3H3,(H,14,15). The number of carbonyl (C=O) groups excluding carboxylic acids is 7. The van der Waals surface area contributed by atoms with Crippen molar-refractivity contribution in [2.75, 3.05) is 79.5 Å². The third-order valence-corrected chi connectivity index (χ3v) is 17.9. The van der Waals surface area contributed by atoms with Crippen LogP contribution in [-0.4, -0.2) is 201 Å². The van der Waals surface area contributed by atoms with Crippen molar-refractivity contribution in [2.24, 2.45) is 40.5 Å². The fourth-order valence-corrected chi connectivity index (χ4v) is 12.3. The number of Topliss-reactive ketones (excluding diaryl/α,β-unsaturated/α-hetero) is 1. The Balaban J connectivity index is 0.000000274. The van der Waals surface area contributed by atoms with Gasteiger partial charge in [-0.15, -0.1) is 0 Å². The lowest BCUT2D eigenvalue weighted by atomic mass is 9.88. The molecule has 3 aromatic rings. The molecule has 5 saturated heterocycles. The third-order valence-electron chi connectivity index (χ3n) is 17.9. The van der Waals surface area contributed by atoms with Crippen LogP contribution in [0.1, 0.15) is 228 Å². The molecule has 0 bridgehead atoms. The van der Waals surface area contributed by atoms with Crippen molar-refractivity contribution in [1.82, 2.24) is 29.4 Å². The molecule has 0 saturated carbocycles. The second-order valence-electron chi connectivity index (χ2n) is 33.0. The van der Waals surface area contributed by atoms with E-state index in [2.05, 4.69) is 17.3 Å². The van der Waals surface area contributed by atoms with Crippen LogP contribution in [0, 0.1) is 29.6 Å². The minimum atomic E-state index is -0.763. The molecule has 0 radical (unpaired) electrons. The molecule has 0 aromatic heterocycles. The largest absolute Gasteiger partial charge is 0.481 e. The highest BCUT2D eigenvalue weighted by molar-refractivity contribution is 6.00. The fourth-order valence-electron chi connectivity index (χ4n) is 12.3. The van der Waals surface area contributed by atoms with E-state index < -0.39 is 34.0 Å². The first-order valence-corrected chi connectivity index (χ1v) is 37.0. The second kappa shape index (κ2) is 41.5. The Morgan fingerprint density at radius 3 is 0.951 bits per heavy atom. The summed E-state index contributed by atoms with van der Waals surface area (Å²) in [5.41, 5.74) is 7.65. The topological polar surface area (TPSA) is 281 Å². The van der Waals surface area contributed by atoms with E-state index in [0.717, 1.165) is 101 Å². The molecule has 5 heterocycles. The van der Waals surface area contributed by atoms with E-state index in [0.29, 0.717) is 94.6 Å². The van der Waals surface area contributed by atoms with Gasteiger partial charge in [0.2, 0.25) is 5.91 Å². The van der Waals surface area contributed by atoms with Gasteiger partial charge in [0.1, 0.15) is 28.0 Å². The van der Waals surface area contributed by atoms with Crippen LogP contribution < -0.4 is 5.73 Å². The third kappa shape index (κ3) is 35.9. The molecule has 5 fully saturated rings. The number of ketones is 1. The number of piperidine rings is 5. The van der Waals surface area contributed by atoms with Gasteiger partial charge in [-0.2, -0.15) is 0 Å². The summed E-state index contributed by atoms with van der Waals surface area (Å²) in [7, 11) is 3.55. The highest BCUT2D eigenvalue weighted by Crippen LogP contribution is 2.31. The maximum absolute atomic E-state index is 12.2. The van der Waals surface area contributed by atoms with Crippen molar-refractivity contribution < 1.29 is 72.4 Å². The SMILES string of the molecule is CC(C)(C)OC(=O)N1CCC(CC(=NO)c2ccccc2)CC1.CC(C)(C)OC(=O)N1CCC(CC(=O)O)CC1.CC(C)(C)OC(=O)N1CCC(CC(=O)c2ccccc2)CC1.CC(C)(C)OC(=O)N1CCC(CC(N)c2ccccc2)CC1.CN(C)C(=O)CC1CCN(C(=O)OC(C)(C)C)CC1. The van der Waals surface area contributed by atoms with Gasteiger partial charge in [-0.1, -0.05) is 96.2 Å². The van der Waals surface area contributed by atoms with E-state index in [1.807, 2.05) is 188 Å².